The molecule has 0 bridgehead atoms. The third-order valence-corrected chi connectivity index (χ3v) is 11.9. The Morgan fingerprint density at radius 1 is 0.322 bits per heavy atom. The molecule has 0 radical (unpaired) electrons. The first-order valence-electron chi connectivity index (χ1n) is 20.2. The van der Waals surface area contributed by atoms with Crippen LogP contribution in [0.5, 0.6) is 0 Å². The molecule has 0 atom stereocenters. The predicted molar refractivity (Wildman–Crippen MR) is 249 cm³/mol. The SMILES string of the molecule is c1ccc(-c2cccc(-n3c4ccccc4c4cc(N(c5cc(-c6ccccc6)c6ccccc6c5)c5ccc6c(c5)oc5cc7ccccc7cc56)ccc43)c2)cc1. The van der Waals surface area contributed by atoms with Crippen molar-refractivity contribution in [3.63, 3.8) is 0 Å². The second-order valence-corrected chi connectivity index (χ2v) is 15.4. The molecule has 0 N–H and O–H groups in total. The Morgan fingerprint density at radius 3 is 1.78 bits per heavy atom. The van der Waals surface area contributed by atoms with Crippen LogP contribution in [0.1, 0.15) is 0 Å². The van der Waals surface area contributed by atoms with Gasteiger partial charge in [0.2, 0.25) is 0 Å². The summed E-state index contributed by atoms with van der Waals surface area (Å²) in [5.41, 5.74) is 13.1. The number of hydrogen-bond acceptors (Lipinski definition) is 2. The van der Waals surface area contributed by atoms with Gasteiger partial charge in [-0.15, -0.1) is 0 Å². The number of nitrogens with zero attached hydrogens (tertiary/aromatic N) is 2. The normalized spacial score (nSPS) is 11.7. The molecule has 2 heterocycles. The molecule has 0 aliphatic carbocycles. The summed E-state index contributed by atoms with van der Waals surface area (Å²) in [4.78, 5) is 2.39. The van der Waals surface area contributed by atoms with E-state index in [0.717, 1.165) is 50.2 Å². The van der Waals surface area contributed by atoms with Gasteiger partial charge < -0.3 is 13.9 Å². The zero-order valence-corrected chi connectivity index (χ0v) is 32.1. The lowest BCUT2D eigenvalue weighted by molar-refractivity contribution is 0.669. The quantitative estimate of drug-likeness (QED) is 0.169. The molecule has 59 heavy (non-hydrogen) atoms. The molecule has 12 aromatic rings. The Balaban J connectivity index is 1.09. The van der Waals surface area contributed by atoms with E-state index in [4.69, 9.17) is 4.42 Å². The van der Waals surface area contributed by atoms with Crippen LogP contribution in [0.2, 0.25) is 0 Å². The number of aromatic nitrogens is 1. The summed E-state index contributed by atoms with van der Waals surface area (Å²) in [6.07, 6.45) is 0. The van der Waals surface area contributed by atoms with E-state index >= 15 is 0 Å². The fourth-order valence-electron chi connectivity index (χ4n) is 9.15. The Labute approximate surface area is 341 Å². The fraction of sp³-hybridized carbons (Fsp3) is 0. The summed E-state index contributed by atoms with van der Waals surface area (Å²) < 4.78 is 9.08. The highest BCUT2D eigenvalue weighted by atomic mass is 16.3. The van der Waals surface area contributed by atoms with Crippen LogP contribution in [0.3, 0.4) is 0 Å². The second kappa shape index (κ2) is 13.4. The summed E-state index contributed by atoms with van der Waals surface area (Å²) in [6.45, 7) is 0. The van der Waals surface area contributed by atoms with Gasteiger partial charge in [0.25, 0.3) is 0 Å². The Bertz CT molecular complexity index is 3560. The summed E-state index contributed by atoms with van der Waals surface area (Å²) in [5, 5.41) is 9.40. The van der Waals surface area contributed by atoms with E-state index in [2.05, 4.69) is 228 Å². The summed E-state index contributed by atoms with van der Waals surface area (Å²) in [7, 11) is 0. The highest BCUT2D eigenvalue weighted by Gasteiger charge is 2.21. The molecule has 0 aliphatic heterocycles. The highest BCUT2D eigenvalue weighted by Crippen LogP contribution is 2.44. The van der Waals surface area contributed by atoms with Gasteiger partial charge in [0.1, 0.15) is 11.2 Å². The summed E-state index contributed by atoms with van der Waals surface area (Å²) in [6, 6.07) is 78.8. The summed E-state index contributed by atoms with van der Waals surface area (Å²) in [5.74, 6) is 0. The monoisotopic (exact) mass is 752 g/mol. The molecule has 0 unspecified atom stereocenters. The van der Waals surface area contributed by atoms with Crippen LogP contribution in [0.15, 0.2) is 223 Å². The van der Waals surface area contributed by atoms with Gasteiger partial charge in [-0.05, 0) is 117 Å². The van der Waals surface area contributed by atoms with E-state index in [1.165, 1.54) is 60.1 Å². The molecule has 3 heteroatoms. The first-order chi connectivity index (χ1) is 29.2. The Morgan fingerprint density at radius 2 is 0.949 bits per heavy atom. The number of anilines is 3. The van der Waals surface area contributed by atoms with E-state index in [0.29, 0.717) is 0 Å². The molecule has 0 aliphatic rings. The molecule has 2 aromatic heterocycles. The maximum absolute atomic E-state index is 6.68. The van der Waals surface area contributed by atoms with Crippen LogP contribution in [0, 0.1) is 0 Å². The number of hydrogen-bond donors (Lipinski definition) is 0. The third kappa shape index (κ3) is 5.51. The number of para-hydroxylation sites is 1. The van der Waals surface area contributed by atoms with E-state index in [9.17, 15) is 0 Å². The van der Waals surface area contributed by atoms with Crippen LogP contribution >= 0.6 is 0 Å². The minimum Gasteiger partial charge on any atom is -0.456 e. The lowest BCUT2D eigenvalue weighted by Gasteiger charge is -2.27. The van der Waals surface area contributed by atoms with Gasteiger partial charge in [-0.25, -0.2) is 0 Å². The molecule has 0 spiro atoms. The minimum atomic E-state index is 0.859. The number of benzene rings is 10. The van der Waals surface area contributed by atoms with Crippen LogP contribution in [-0.2, 0) is 0 Å². The lowest BCUT2D eigenvalue weighted by atomic mass is 9.96. The minimum absolute atomic E-state index is 0.859. The molecule has 0 fully saturated rings. The van der Waals surface area contributed by atoms with Crippen molar-refractivity contribution in [3.05, 3.63) is 218 Å². The molecule has 0 saturated carbocycles. The predicted octanol–water partition coefficient (Wildman–Crippen LogP) is 15.8. The first kappa shape index (κ1) is 33.3. The van der Waals surface area contributed by atoms with E-state index in [1.807, 2.05) is 0 Å². The smallest absolute Gasteiger partial charge is 0.137 e. The lowest BCUT2D eigenvalue weighted by Crippen LogP contribution is -2.10. The molecule has 10 aromatic carbocycles. The third-order valence-electron chi connectivity index (χ3n) is 11.9. The highest BCUT2D eigenvalue weighted by molar-refractivity contribution is 6.13. The van der Waals surface area contributed by atoms with E-state index in [1.54, 1.807) is 0 Å². The topological polar surface area (TPSA) is 21.3 Å². The largest absolute Gasteiger partial charge is 0.456 e. The van der Waals surface area contributed by atoms with E-state index < -0.39 is 0 Å². The van der Waals surface area contributed by atoms with Crippen molar-refractivity contribution in [2.75, 3.05) is 4.90 Å². The number of rotatable bonds is 6. The van der Waals surface area contributed by atoms with Gasteiger partial charge in [0, 0.05) is 50.4 Å². The van der Waals surface area contributed by atoms with Gasteiger partial charge in [-0.2, -0.15) is 0 Å². The molecule has 0 saturated heterocycles. The molecule has 276 valence electrons. The molecule has 3 nitrogen and oxygen atoms in total. The summed E-state index contributed by atoms with van der Waals surface area (Å²) >= 11 is 0. The van der Waals surface area contributed by atoms with Gasteiger partial charge >= 0.3 is 0 Å². The van der Waals surface area contributed by atoms with Crippen LogP contribution in [0.4, 0.5) is 17.1 Å². The second-order valence-electron chi connectivity index (χ2n) is 15.4. The standard InChI is InChI=1S/C56H36N2O/c1-3-14-37(15-4-1)39-21-13-22-43(30-39)58-53-25-12-11-24-48(53)51-34-44(27-29-54(51)58)57(46-31-42-20-9-10-23-47(42)50(35-46)38-16-5-2-6-17-38)45-26-28-49-52-32-40-18-7-8-19-41(40)33-55(52)59-56(49)36-45/h1-36H. The maximum Gasteiger partial charge on any atom is 0.137 e. The van der Waals surface area contributed by atoms with Crippen molar-refractivity contribution in [2.24, 2.45) is 0 Å². The molecular formula is C56H36N2O. The van der Waals surface area contributed by atoms with Crippen LogP contribution < -0.4 is 4.90 Å². The van der Waals surface area contributed by atoms with Gasteiger partial charge in [-0.3, -0.25) is 0 Å². The molecule has 0 amide bonds. The van der Waals surface area contributed by atoms with Gasteiger partial charge in [-0.1, -0.05) is 140 Å². The molecular weight excluding hydrogens is 717 g/mol. The average molecular weight is 753 g/mol. The van der Waals surface area contributed by atoms with Crippen molar-refractivity contribution >= 4 is 82.4 Å². The zero-order valence-electron chi connectivity index (χ0n) is 32.1. The number of furan rings is 1. The van der Waals surface area contributed by atoms with Gasteiger partial charge in [0.05, 0.1) is 11.0 Å². The Hall–Kier alpha value is -7.88. The van der Waals surface area contributed by atoms with Crippen molar-refractivity contribution in [1.29, 1.82) is 0 Å². The Kier molecular flexibility index (Phi) is 7.54. The number of fused-ring (bicyclic) bond motifs is 8. The van der Waals surface area contributed by atoms with Crippen LogP contribution in [0.25, 0.3) is 93.2 Å². The maximum atomic E-state index is 6.68. The fourth-order valence-corrected chi connectivity index (χ4v) is 9.15. The van der Waals surface area contributed by atoms with E-state index in [-0.39, 0.29) is 0 Å². The average Bonchev–Trinajstić information content (AvgIpc) is 3.83. The van der Waals surface area contributed by atoms with Crippen molar-refractivity contribution in [1.82, 2.24) is 4.57 Å². The molecule has 12 rings (SSSR count). The van der Waals surface area contributed by atoms with Crippen LogP contribution in [-0.4, -0.2) is 4.57 Å². The van der Waals surface area contributed by atoms with Gasteiger partial charge in [0.15, 0.2) is 0 Å². The first-order valence-corrected chi connectivity index (χ1v) is 20.2. The van der Waals surface area contributed by atoms with Crippen molar-refractivity contribution < 1.29 is 4.42 Å². The van der Waals surface area contributed by atoms with Crippen molar-refractivity contribution in [2.45, 2.75) is 0 Å². The zero-order chi connectivity index (χ0) is 38.9. The van der Waals surface area contributed by atoms with Crippen molar-refractivity contribution in [3.8, 4) is 27.9 Å².